The third-order valence-electron chi connectivity index (χ3n) is 3.74. The first-order valence-electron chi connectivity index (χ1n) is 7.14. The minimum atomic E-state index is 0.127. The number of hydrogen-bond acceptors (Lipinski definition) is 5. The van der Waals surface area contributed by atoms with Crippen LogP contribution in [0.2, 0.25) is 0 Å². The second-order valence-electron chi connectivity index (χ2n) is 5.16. The summed E-state index contributed by atoms with van der Waals surface area (Å²) in [5.41, 5.74) is 3.02. The molecular formula is C17H13N5O. The number of aromatic hydroxyl groups is 1. The lowest BCUT2D eigenvalue weighted by atomic mass is 10.2. The molecule has 0 amide bonds. The van der Waals surface area contributed by atoms with Gasteiger partial charge in [0, 0.05) is 18.6 Å². The van der Waals surface area contributed by atoms with Crippen LogP contribution >= 0.6 is 0 Å². The summed E-state index contributed by atoms with van der Waals surface area (Å²) in [5.74, 6) is 0.651. The molecule has 0 atom stereocenters. The van der Waals surface area contributed by atoms with Gasteiger partial charge >= 0.3 is 0 Å². The van der Waals surface area contributed by atoms with Gasteiger partial charge in [0.2, 0.25) is 5.95 Å². The summed E-state index contributed by atoms with van der Waals surface area (Å²) < 4.78 is 1.89. The molecule has 23 heavy (non-hydrogen) atoms. The Morgan fingerprint density at radius 3 is 2.74 bits per heavy atom. The number of aryl methyl sites for hydroxylation is 1. The molecule has 0 spiro atoms. The van der Waals surface area contributed by atoms with Crippen LogP contribution in [-0.2, 0) is 7.05 Å². The molecule has 0 saturated heterocycles. The summed E-state index contributed by atoms with van der Waals surface area (Å²) in [4.78, 5) is 8.64. The number of nitrogens with zero attached hydrogens (tertiary/aromatic N) is 5. The van der Waals surface area contributed by atoms with Gasteiger partial charge in [-0.25, -0.2) is 4.98 Å². The van der Waals surface area contributed by atoms with Gasteiger partial charge < -0.3 is 9.67 Å². The van der Waals surface area contributed by atoms with Crippen molar-refractivity contribution in [1.82, 2.24) is 14.5 Å². The highest BCUT2D eigenvalue weighted by atomic mass is 16.3. The molecule has 6 heteroatoms. The number of aromatic nitrogens is 3. The Morgan fingerprint density at radius 2 is 1.87 bits per heavy atom. The van der Waals surface area contributed by atoms with E-state index < -0.39 is 0 Å². The van der Waals surface area contributed by atoms with Gasteiger partial charge in [0.1, 0.15) is 11.3 Å². The molecule has 2 aromatic heterocycles. The van der Waals surface area contributed by atoms with Crippen molar-refractivity contribution in [2.24, 2.45) is 17.3 Å². The Labute approximate surface area is 131 Å². The van der Waals surface area contributed by atoms with Crippen LogP contribution in [-0.4, -0.2) is 19.6 Å². The number of rotatable bonds is 2. The molecule has 1 N–H and O–H groups in total. The monoisotopic (exact) mass is 303 g/mol. The molecule has 0 aliphatic heterocycles. The van der Waals surface area contributed by atoms with E-state index in [9.17, 15) is 5.11 Å². The van der Waals surface area contributed by atoms with E-state index >= 15 is 0 Å². The minimum Gasteiger partial charge on any atom is -0.506 e. The lowest BCUT2D eigenvalue weighted by Crippen LogP contribution is -1.85. The van der Waals surface area contributed by atoms with Crippen molar-refractivity contribution in [3.05, 3.63) is 54.7 Å². The fourth-order valence-electron chi connectivity index (χ4n) is 2.55. The van der Waals surface area contributed by atoms with Crippen molar-refractivity contribution in [3.63, 3.8) is 0 Å². The van der Waals surface area contributed by atoms with Crippen LogP contribution < -0.4 is 0 Å². The normalized spacial score (nSPS) is 11.7. The zero-order chi connectivity index (χ0) is 15.8. The molecular weight excluding hydrogens is 290 g/mol. The Hall–Kier alpha value is -3.28. The number of pyridine rings is 1. The Balaban J connectivity index is 1.82. The zero-order valence-corrected chi connectivity index (χ0v) is 12.4. The molecule has 0 aliphatic carbocycles. The quantitative estimate of drug-likeness (QED) is 0.563. The summed E-state index contributed by atoms with van der Waals surface area (Å²) in [6, 6.07) is 14.8. The molecule has 6 nitrogen and oxygen atoms in total. The maximum Gasteiger partial charge on any atom is 0.250 e. The molecule has 0 aliphatic rings. The summed E-state index contributed by atoms with van der Waals surface area (Å²) in [7, 11) is 1.90. The molecule has 0 fully saturated rings. The predicted octanol–water partition coefficient (Wildman–Crippen LogP) is 4.24. The van der Waals surface area contributed by atoms with Gasteiger partial charge in [0.05, 0.1) is 16.7 Å². The molecule has 0 radical (unpaired) electrons. The largest absolute Gasteiger partial charge is 0.506 e. The molecule has 4 rings (SSSR count). The van der Waals surface area contributed by atoms with Gasteiger partial charge in [0.25, 0.3) is 0 Å². The lowest BCUT2D eigenvalue weighted by molar-refractivity contribution is 0.480. The van der Waals surface area contributed by atoms with E-state index in [2.05, 4.69) is 20.2 Å². The number of imidazole rings is 1. The van der Waals surface area contributed by atoms with Crippen molar-refractivity contribution >= 4 is 33.6 Å². The van der Waals surface area contributed by atoms with Crippen molar-refractivity contribution in [3.8, 4) is 5.75 Å². The van der Waals surface area contributed by atoms with Gasteiger partial charge in [-0.3, -0.25) is 4.98 Å². The summed E-state index contributed by atoms with van der Waals surface area (Å²) >= 11 is 0. The predicted molar refractivity (Wildman–Crippen MR) is 88.3 cm³/mol. The third kappa shape index (κ3) is 2.20. The zero-order valence-electron chi connectivity index (χ0n) is 12.4. The van der Waals surface area contributed by atoms with Crippen LogP contribution in [0.3, 0.4) is 0 Å². The van der Waals surface area contributed by atoms with E-state index in [0.717, 1.165) is 16.4 Å². The standard InChI is InChI=1S/C17H13N5O/c1-22-14-7-3-2-6-13(14)19-17(22)21-20-12-8-9-15(23)16-11(12)5-4-10-18-16/h2-10,23H,1H3. The number of azo groups is 1. The Bertz CT molecular complexity index is 1050. The first kappa shape index (κ1) is 13.4. The minimum absolute atomic E-state index is 0.127. The van der Waals surface area contributed by atoms with Gasteiger partial charge in [0.15, 0.2) is 0 Å². The maximum absolute atomic E-state index is 9.87. The average Bonchev–Trinajstić information content (AvgIpc) is 2.91. The highest BCUT2D eigenvalue weighted by Crippen LogP contribution is 2.32. The van der Waals surface area contributed by atoms with Gasteiger partial charge in [-0.2, -0.15) is 0 Å². The van der Waals surface area contributed by atoms with Crippen LogP contribution in [0.5, 0.6) is 5.75 Å². The Kier molecular flexibility index (Phi) is 3.01. The number of para-hydroxylation sites is 2. The van der Waals surface area contributed by atoms with Crippen LogP contribution in [0, 0.1) is 0 Å². The molecule has 2 heterocycles. The average molecular weight is 303 g/mol. The van der Waals surface area contributed by atoms with Crippen LogP contribution in [0.1, 0.15) is 0 Å². The maximum atomic E-state index is 9.87. The second kappa shape index (κ2) is 5.17. The Morgan fingerprint density at radius 1 is 1.00 bits per heavy atom. The van der Waals surface area contributed by atoms with E-state index in [1.165, 1.54) is 0 Å². The number of phenols is 1. The van der Waals surface area contributed by atoms with Crippen molar-refractivity contribution < 1.29 is 5.11 Å². The van der Waals surface area contributed by atoms with Crippen molar-refractivity contribution in [2.45, 2.75) is 0 Å². The topological polar surface area (TPSA) is 75.7 Å². The smallest absolute Gasteiger partial charge is 0.250 e. The summed E-state index contributed by atoms with van der Waals surface area (Å²) in [6.45, 7) is 0. The number of phenolic OH excluding ortho intramolecular Hbond substituents is 1. The van der Waals surface area contributed by atoms with Crippen LogP contribution in [0.15, 0.2) is 65.0 Å². The van der Waals surface area contributed by atoms with Crippen molar-refractivity contribution in [2.75, 3.05) is 0 Å². The SMILES string of the molecule is Cn1c(N=Nc2ccc(O)c3ncccc23)nc2ccccc21. The first-order chi connectivity index (χ1) is 11.2. The lowest BCUT2D eigenvalue weighted by Gasteiger charge is -2.02. The highest BCUT2D eigenvalue weighted by molar-refractivity contribution is 5.93. The third-order valence-corrected chi connectivity index (χ3v) is 3.74. The molecule has 0 bridgehead atoms. The van der Waals surface area contributed by atoms with Gasteiger partial charge in [-0.15, -0.1) is 10.2 Å². The van der Waals surface area contributed by atoms with Gasteiger partial charge in [-0.05, 0) is 36.4 Å². The fraction of sp³-hybridized carbons (Fsp3) is 0.0588. The first-order valence-corrected chi connectivity index (χ1v) is 7.14. The molecule has 0 saturated carbocycles. The highest BCUT2D eigenvalue weighted by Gasteiger charge is 2.08. The number of fused-ring (bicyclic) bond motifs is 2. The number of hydrogen-bond donors (Lipinski definition) is 1. The van der Waals surface area contributed by atoms with Crippen molar-refractivity contribution in [1.29, 1.82) is 0 Å². The molecule has 4 aromatic rings. The van der Waals surface area contributed by atoms with E-state index in [4.69, 9.17) is 0 Å². The van der Waals surface area contributed by atoms with E-state index in [1.807, 2.05) is 41.9 Å². The van der Waals surface area contributed by atoms with E-state index in [0.29, 0.717) is 17.2 Å². The van der Waals surface area contributed by atoms with E-state index in [1.54, 1.807) is 24.4 Å². The fourth-order valence-corrected chi connectivity index (χ4v) is 2.55. The molecule has 0 unspecified atom stereocenters. The van der Waals surface area contributed by atoms with Crippen LogP contribution in [0.4, 0.5) is 11.6 Å². The van der Waals surface area contributed by atoms with E-state index in [-0.39, 0.29) is 5.75 Å². The second-order valence-corrected chi connectivity index (χ2v) is 5.16. The number of benzene rings is 2. The molecule has 112 valence electrons. The van der Waals surface area contributed by atoms with Crippen LogP contribution in [0.25, 0.3) is 21.9 Å². The van der Waals surface area contributed by atoms with Gasteiger partial charge in [-0.1, -0.05) is 12.1 Å². The summed E-state index contributed by atoms with van der Waals surface area (Å²) in [5, 5.41) is 19.2. The summed E-state index contributed by atoms with van der Waals surface area (Å²) in [6.07, 6.45) is 1.63. The molecule has 2 aromatic carbocycles.